The molecule has 0 amide bonds. The summed E-state index contributed by atoms with van der Waals surface area (Å²) in [5.74, 6) is 1.48. The summed E-state index contributed by atoms with van der Waals surface area (Å²) in [5, 5.41) is 3.05. The van der Waals surface area contributed by atoms with Gasteiger partial charge in [0.2, 0.25) is 0 Å². The van der Waals surface area contributed by atoms with Crippen molar-refractivity contribution in [3.63, 3.8) is 0 Å². The molecule has 0 aliphatic rings. The number of hydrogen-bond donors (Lipinski definition) is 1. The first-order valence-electron chi connectivity index (χ1n) is 9.56. The highest BCUT2D eigenvalue weighted by molar-refractivity contribution is 6.07. The maximum Gasteiger partial charge on any atom is 0.185 e. The highest BCUT2D eigenvalue weighted by Gasteiger charge is 2.14. The Kier molecular flexibility index (Phi) is 7.93. The van der Waals surface area contributed by atoms with Gasteiger partial charge in [0.15, 0.2) is 5.78 Å². The summed E-state index contributed by atoms with van der Waals surface area (Å²) in [6.07, 6.45) is 5.34. The van der Waals surface area contributed by atoms with Crippen molar-refractivity contribution in [1.82, 2.24) is 0 Å². The molecule has 0 heterocycles. The molecule has 0 atom stereocenters. The standard InChI is InChI=1S/C23H29NO3/c1-5-8-18-11-16-22(26-6-2)20(23(18)27-7-3)14-15-21(25)17-9-12-19(24-4)13-10-17/h9-16,24H,5-8H2,1-4H3/b15-14+. The van der Waals surface area contributed by atoms with Crippen LogP contribution in [-0.4, -0.2) is 26.0 Å². The van der Waals surface area contributed by atoms with E-state index in [0.717, 1.165) is 41.2 Å². The number of rotatable bonds is 10. The molecule has 0 fully saturated rings. The average Bonchev–Trinajstić information content (AvgIpc) is 2.69. The van der Waals surface area contributed by atoms with Crippen LogP contribution >= 0.6 is 0 Å². The molecule has 0 radical (unpaired) electrons. The number of ketones is 1. The Morgan fingerprint density at radius 2 is 1.70 bits per heavy atom. The maximum atomic E-state index is 12.6. The van der Waals surface area contributed by atoms with Crippen LogP contribution in [0.3, 0.4) is 0 Å². The lowest BCUT2D eigenvalue weighted by molar-refractivity contribution is 0.104. The second-order valence-corrected chi connectivity index (χ2v) is 6.11. The van der Waals surface area contributed by atoms with Gasteiger partial charge in [-0.3, -0.25) is 4.79 Å². The van der Waals surface area contributed by atoms with Crippen LogP contribution in [0.15, 0.2) is 42.5 Å². The van der Waals surface area contributed by atoms with Gasteiger partial charge in [-0.1, -0.05) is 19.4 Å². The molecule has 27 heavy (non-hydrogen) atoms. The number of anilines is 1. The first-order chi connectivity index (χ1) is 13.1. The van der Waals surface area contributed by atoms with Gasteiger partial charge in [0.1, 0.15) is 11.5 Å². The van der Waals surface area contributed by atoms with E-state index in [1.165, 1.54) is 0 Å². The number of aryl methyl sites for hydroxylation is 1. The van der Waals surface area contributed by atoms with Crippen molar-refractivity contribution in [2.75, 3.05) is 25.6 Å². The van der Waals surface area contributed by atoms with Gasteiger partial charge < -0.3 is 14.8 Å². The van der Waals surface area contributed by atoms with Gasteiger partial charge in [-0.25, -0.2) is 0 Å². The lowest BCUT2D eigenvalue weighted by atomic mass is 10.0. The summed E-state index contributed by atoms with van der Waals surface area (Å²) in [6.45, 7) is 7.17. The van der Waals surface area contributed by atoms with Crippen molar-refractivity contribution in [2.45, 2.75) is 33.6 Å². The van der Waals surface area contributed by atoms with Crippen LogP contribution in [0.4, 0.5) is 5.69 Å². The van der Waals surface area contributed by atoms with E-state index in [0.29, 0.717) is 18.8 Å². The second-order valence-electron chi connectivity index (χ2n) is 6.11. The monoisotopic (exact) mass is 367 g/mol. The Morgan fingerprint density at radius 1 is 1.00 bits per heavy atom. The molecule has 1 N–H and O–H groups in total. The van der Waals surface area contributed by atoms with Gasteiger partial charge in [0.05, 0.1) is 18.8 Å². The van der Waals surface area contributed by atoms with Crippen LogP contribution in [0, 0.1) is 0 Å². The van der Waals surface area contributed by atoms with Gasteiger partial charge in [-0.05, 0) is 68.3 Å². The van der Waals surface area contributed by atoms with Crippen LogP contribution in [0.2, 0.25) is 0 Å². The van der Waals surface area contributed by atoms with E-state index in [4.69, 9.17) is 9.47 Å². The summed E-state index contributed by atoms with van der Waals surface area (Å²) >= 11 is 0. The quantitative estimate of drug-likeness (QED) is 0.453. The molecule has 4 heteroatoms. The number of nitrogens with one attached hydrogen (secondary N) is 1. The minimum absolute atomic E-state index is 0.0524. The Morgan fingerprint density at radius 3 is 2.30 bits per heavy atom. The van der Waals surface area contributed by atoms with Crippen LogP contribution in [0.1, 0.15) is 48.7 Å². The van der Waals surface area contributed by atoms with Gasteiger partial charge in [0.25, 0.3) is 0 Å². The fourth-order valence-corrected chi connectivity index (χ4v) is 2.90. The largest absolute Gasteiger partial charge is 0.493 e. The maximum absolute atomic E-state index is 12.6. The number of carbonyl (C=O) groups is 1. The van der Waals surface area contributed by atoms with E-state index < -0.39 is 0 Å². The van der Waals surface area contributed by atoms with E-state index in [1.54, 1.807) is 6.08 Å². The van der Waals surface area contributed by atoms with Crippen LogP contribution in [0.5, 0.6) is 11.5 Å². The third-order valence-corrected chi connectivity index (χ3v) is 4.20. The Bertz CT molecular complexity index is 779. The zero-order chi connectivity index (χ0) is 19.6. The number of hydrogen-bond acceptors (Lipinski definition) is 4. The van der Waals surface area contributed by atoms with Crippen LogP contribution < -0.4 is 14.8 Å². The lowest BCUT2D eigenvalue weighted by Crippen LogP contribution is -2.03. The van der Waals surface area contributed by atoms with E-state index >= 15 is 0 Å². The lowest BCUT2D eigenvalue weighted by Gasteiger charge is -2.16. The molecule has 144 valence electrons. The molecule has 2 rings (SSSR count). The minimum Gasteiger partial charge on any atom is -0.493 e. The van der Waals surface area contributed by atoms with Crippen molar-refractivity contribution >= 4 is 17.5 Å². The van der Waals surface area contributed by atoms with Crippen LogP contribution in [-0.2, 0) is 6.42 Å². The predicted molar refractivity (Wildman–Crippen MR) is 112 cm³/mol. The van der Waals surface area contributed by atoms with E-state index in [1.807, 2.05) is 57.3 Å². The molecule has 0 aromatic heterocycles. The van der Waals surface area contributed by atoms with Crippen molar-refractivity contribution < 1.29 is 14.3 Å². The van der Waals surface area contributed by atoms with Crippen LogP contribution in [0.25, 0.3) is 6.08 Å². The number of benzene rings is 2. The van der Waals surface area contributed by atoms with Crippen molar-refractivity contribution in [3.8, 4) is 11.5 Å². The molecule has 0 aliphatic heterocycles. The van der Waals surface area contributed by atoms with Gasteiger partial charge in [-0.15, -0.1) is 0 Å². The number of ether oxygens (including phenoxy) is 2. The highest BCUT2D eigenvalue weighted by Crippen LogP contribution is 2.35. The summed E-state index contributed by atoms with van der Waals surface area (Å²) in [5.41, 5.74) is 3.57. The van der Waals surface area contributed by atoms with Gasteiger partial charge in [-0.2, -0.15) is 0 Å². The molecular weight excluding hydrogens is 338 g/mol. The molecule has 0 spiro atoms. The summed E-state index contributed by atoms with van der Waals surface area (Å²) < 4.78 is 11.7. The Labute approximate surface area is 162 Å². The fraction of sp³-hybridized carbons (Fsp3) is 0.348. The topological polar surface area (TPSA) is 47.6 Å². The van der Waals surface area contributed by atoms with E-state index in [9.17, 15) is 4.79 Å². The number of allylic oxidation sites excluding steroid dienone is 1. The smallest absolute Gasteiger partial charge is 0.185 e. The zero-order valence-electron chi connectivity index (χ0n) is 16.7. The minimum atomic E-state index is -0.0524. The van der Waals surface area contributed by atoms with Gasteiger partial charge in [0, 0.05) is 18.3 Å². The first-order valence-corrected chi connectivity index (χ1v) is 9.56. The molecule has 0 aliphatic carbocycles. The Balaban J connectivity index is 2.39. The van der Waals surface area contributed by atoms with E-state index in [2.05, 4.69) is 18.3 Å². The molecule has 0 saturated heterocycles. The molecule has 2 aromatic rings. The highest BCUT2D eigenvalue weighted by atomic mass is 16.5. The van der Waals surface area contributed by atoms with Crippen molar-refractivity contribution in [1.29, 1.82) is 0 Å². The molecular formula is C23H29NO3. The average molecular weight is 367 g/mol. The molecule has 2 aromatic carbocycles. The first kappa shape index (κ1) is 20.6. The van der Waals surface area contributed by atoms with Gasteiger partial charge >= 0.3 is 0 Å². The summed E-state index contributed by atoms with van der Waals surface area (Å²) in [6, 6.07) is 11.4. The third-order valence-electron chi connectivity index (χ3n) is 4.20. The molecule has 0 unspecified atom stereocenters. The second kappa shape index (κ2) is 10.4. The summed E-state index contributed by atoms with van der Waals surface area (Å²) in [7, 11) is 1.85. The zero-order valence-corrected chi connectivity index (χ0v) is 16.7. The summed E-state index contributed by atoms with van der Waals surface area (Å²) in [4.78, 5) is 12.6. The fourth-order valence-electron chi connectivity index (χ4n) is 2.90. The third kappa shape index (κ3) is 5.36. The molecule has 0 saturated carbocycles. The molecule has 4 nitrogen and oxygen atoms in total. The van der Waals surface area contributed by atoms with Crippen molar-refractivity contribution in [3.05, 3.63) is 59.2 Å². The van der Waals surface area contributed by atoms with E-state index in [-0.39, 0.29) is 5.78 Å². The number of carbonyl (C=O) groups excluding carboxylic acids is 1. The Hall–Kier alpha value is -2.75. The predicted octanol–water partition coefficient (Wildman–Crippen LogP) is 5.37. The SMILES string of the molecule is CCCc1ccc(OCC)c(/C=C/C(=O)c2ccc(NC)cc2)c1OCC. The normalized spacial score (nSPS) is 10.8. The molecule has 0 bridgehead atoms. The van der Waals surface area contributed by atoms with Crippen molar-refractivity contribution in [2.24, 2.45) is 0 Å².